The second-order valence-corrected chi connectivity index (χ2v) is 4.27. The van der Waals surface area contributed by atoms with Crippen molar-refractivity contribution >= 4 is 21.7 Å². The minimum atomic E-state index is 0.332. The first kappa shape index (κ1) is 9.65. The molecule has 0 bridgehead atoms. The molecule has 14 heavy (non-hydrogen) atoms. The molecule has 3 nitrogen and oxygen atoms in total. The first-order valence-corrected chi connectivity index (χ1v) is 5.30. The number of ether oxygens (including phenoxy) is 1. The first-order valence-electron chi connectivity index (χ1n) is 4.50. The Kier molecular flexibility index (Phi) is 2.82. The molecule has 0 radical (unpaired) electrons. The number of halogens is 1. The maximum absolute atomic E-state index is 10.7. The molecule has 1 aromatic rings. The van der Waals surface area contributed by atoms with E-state index in [1.54, 1.807) is 6.20 Å². The number of Topliss-reactive ketones (excluding diaryl/α,β-unsaturated/α-hetero) is 1. The number of rotatable bonds is 3. The van der Waals surface area contributed by atoms with Crippen LogP contribution in [0.25, 0.3) is 0 Å². The van der Waals surface area contributed by atoms with Crippen LogP contribution >= 0.6 is 15.9 Å². The molecule has 74 valence electrons. The van der Waals surface area contributed by atoms with Gasteiger partial charge in [-0.25, -0.2) is 4.98 Å². The molecule has 0 atom stereocenters. The van der Waals surface area contributed by atoms with Crippen LogP contribution in [0.4, 0.5) is 0 Å². The van der Waals surface area contributed by atoms with Crippen molar-refractivity contribution in [2.75, 3.05) is 6.61 Å². The van der Waals surface area contributed by atoms with E-state index in [0.717, 1.165) is 4.47 Å². The van der Waals surface area contributed by atoms with Crippen LogP contribution in [0.3, 0.4) is 0 Å². The fourth-order valence-corrected chi connectivity index (χ4v) is 1.75. The van der Waals surface area contributed by atoms with Crippen LogP contribution in [0.5, 0.6) is 5.88 Å². The molecular formula is C10H10BrNO2. The Morgan fingerprint density at radius 2 is 2.36 bits per heavy atom. The van der Waals surface area contributed by atoms with Crippen molar-refractivity contribution in [3.63, 3.8) is 0 Å². The summed E-state index contributed by atoms with van der Waals surface area (Å²) in [5.74, 6) is 1.32. The highest BCUT2D eigenvalue weighted by Gasteiger charge is 2.27. The number of carbonyl (C=O) groups excluding carboxylic acids is 1. The van der Waals surface area contributed by atoms with Gasteiger partial charge in [0.05, 0.1) is 11.1 Å². The SMILES string of the molecule is O=C1CC(COc2ncccc2Br)C1. The summed E-state index contributed by atoms with van der Waals surface area (Å²) in [6.45, 7) is 0.585. The lowest BCUT2D eigenvalue weighted by atomic mass is 9.85. The number of ketones is 1. The van der Waals surface area contributed by atoms with Gasteiger partial charge in [0.15, 0.2) is 0 Å². The Morgan fingerprint density at radius 3 is 3.00 bits per heavy atom. The van der Waals surface area contributed by atoms with Crippen molar-refractivity contribution in [3.05, 3.63) is 22.8 Å². The van der Waals surface area contributed by atoms with Crippen LogP contribution in [0.2, 0.25) is 0 Å². The van der Waals surface area contributed by atoms with Crippen molar-refractivity contribution in [2.45, 2.75) is 12.8 Å². The number of pyridine rings is 1. The van der Waals surface area contributed by atoms with Crippen molar-refractivity contribution in [2.24, 2.45) is 5.92 Å². The summed E-state index contributed by atoms with van der Waals surface area (Å²) in [6, 6.07) is 3.72. The van der Waals surface area contributed by atoms with Gasteiger partial charge in [0, 0.05) is 25.0 Å². The number of hydrogen-bond acceptors (Lipinski definition) is 3. The van der Waals surface area contributed by atoms with Gasteiger partial charge in [-0.15, -0.1) is 0 Å². The third-order valence-electron chi connectivity index (χ3n) is 2.21. The van der Waals surface area contributed by atoms with Gasteiger partial charge in [-0.2, -0.15) is 0 Å². The molecule has 2 rings (SSSR count). The molecule has 0 aromatic carbocycles. The average molecular weight is 256 g/mol. The van der Waals surface area contributed by atoms with E-state index in [1.165, 1.54) is 0 Å². The van der Waals surface area contributed by atoms with Crippen LogP contribution in [0, 0.1) is 5.92 Å². The Morgan fingerprint density at radius 1 is 1.57 bits per heavy atom. The third-order valence-corrected chi connectivity index (χ3v) is 2.82. The van der Waals surface area contributed by atoms with Gasteiger partial charge in [0.2, 0.25) is 5.88 Å². The Balaban J connectivity index is 1.86. The number of hydrogen-bond donors (Lipinski definition) is 0. The van der Waals surface area contributed by atoms with E-state index in [4.69, 9.17) is 4.74 Å². The van der Waals surface area contributed by atoms with Crippen LogP contribution in [-0.2, 0) is 4.79 Å². The predicted molar refractivity (Wildman–Crippen MR) is 55.2 cm³/mol. The van der Waals surface area contributed by atoms with E-state index >= 15 is 0 Å². The molecule has 0 unspecified atom stereocenters. The van der Waals surface area contributed by atoms with Crippen LogP contribution in [-0.4, -0.2) is 17.4 Å². The summed E-state index contributed by atoms with van der Waals surface area (Å²) in [5.41, 5.74) is 0. The minimum Gasteiger partial charge on any atom is -0.477 e. The highest BCUT2D eigenvalue weighted by Crippen LogP contribution is 2.26. The molecule has 0 amide bonds. The maximum atomic E-state index is 10.7. The topological polar surface area (TPSA) is 39.2 Å². The first-order chi connectivity index (χ1) is 6.75. The molecule has 0 spiro atoms. The van der Waals surface area contributed by atoms with Crippen LogP contribution in [0.15, 0.2) is 22.8 Å². The van der Waals surface area contributed by atoms with Gasteiger partial charge in [-0.05, 0) is 28.1 Å². The summed E-state index contributed by atoms with van der Waals surface area (Å²) in [4.78, 5) is 14.8. The molecule has 4 heteroatoms. The van der Waals surface area contributed by atoms with Gasteiger partial charge in [-0.1, -0.05) is 0 Å². The van der Waals surface area contributed by atoms with Crippen LogP contribution in [0.1, 0.15) is 12.8 Å². The zero-order valence-electron chi connectivity index (χ0n) is 7.57. The van der Waals surface area contributed by atoms with E-state index in [-0.39, 0.29) is 0 Å². The second-order valence-electron chi connectivity index (χ2n) is 3.41. The highest BCUT2D eigenvalue weighted by atomic mass is 79.9. The van der Waals surface area contributed by atoms with Gasteiger partial charge < -0.3 is 4.74 Å². The molecule has 1 heterocycles. The monoisotopic (exact) mass is 255 g/mol. The Hall–Kier alpha value is -0.900. The van der Waals surface area contributed by atoms with E-state index < -0.39 is 0 Å². The average Bonchev–Trinajstić information content (AvgIpc) is 2.13. The van der Waals surface area contributed by atoms with Gasteiger partial charge >= 0.3 is 0 Å². The standard InChI is InChI=1S/C10H10BrNO2/c11-9-2-1-3-12-10(9)14-6-7-4-8(13)5-7/h1-3,7H,4-6H2. The van der Waals surface area contributed by atoms with Crippen LogP contribution < -0.4 is 4.74 Å². The summed E-state index contributed by atoms with van der Waals surface area (Å²) < 4.78 is 6.33. The number of nitrogens with zero attached hydrogens (tertiary/aromatic N) is 1. The molecule has 0 N–H and O–H groups in total. The van der Waals surface area contributed by atoms with Crippen molar-refractivity contribution in [3.8, 4) is 5.88 Å². The van der Waals surface area contributed by atoms with Crippen molar-refractivity contribution < 1.29 is 9.53 Å². The largest absolute Gasteiger partial charge is 0.477 e. The number of carbonyl (C=O) groups is 1. The Labute approximate surface area is 90.6 Å². The Bertz CT molecular complexity index is 346. The molecule has 0 aliphatic heterocycles. The van der Waals surface area contributed by atoms with Gasteiger partial charge in [-0.3, -0.25) is 4.79 Å². The predicted octanol–water partition coefficient (Wildman–Crippen LogP) is 2.20. The zero-order chi connectivity index (χ0) is 9.97. The summed E-state index contributed by atoms with van der Waals surface area (Å²) >= 11 is 3.34. The molecule has 1 aromatic heterocycles. The molecule has 1 saturated carbocycles. The summed E-state index contributed by atoms with van der Waals surface area (Å²) in [5, 5.41) is 0. The van der Waals surface area contributed by atoms with Gasteiger partial charge in [0.25, 0.3) is 0 Å². The normalized spacial score (nSPS) is 16.5. The lowest BCUT2D eigenvalue weighted by Crippen LogP contribution is -2.28. The smallest absolute Gasteiger partial charge is 0.227 e. The highest BCUT2D eigenvalue weighted by molar-refractivity contribution is 9.10. The lowest BCUT2D eigenvalue weighted by Gasteiger charge is -2.23. The van der Waals surface area contributed by atoms with E-state index in [1.807, 2.05) is 12.1 Å². The summed E-state index contributed by atoms with van der Waals surface area (Å²) in [7, 11) is 0. The molecule has 1 aliphatic rings. The molecule has 1 fully saturated rings. The van der Waals surface area contributed by atoms with Crippen molar-refractivity contribution in [1.82, 2.24) is 4.98 Å². The van der Waals surface area contributed by atoms with E-state index in [0.29, 0.717) is 37.0 Å². The summed E-state index contributed by atoms with van der Waals surface area (Å²) in [6.07, 6.45) is 3.00. The second kappa shape index (κ2) is 4.09. The van der Waals surface area contributed by atoms with E-state index in [2.05, 4.69) is 20.9 Å². The van der Waals surface area contributed by atoms with Gasteiger partial charge in [0.1, 0.15) is 5.78 Å². The molecule has 0 saturated heterocycles. The third kappa shape index (κ3) is 2.12. The van der Waals surface area contributed by atoms with E-state index in [9.17, 15) is 4.79 Å². The molecular weight excluding hydrogens is 246 g/mol. The fraction of sp³-hybridized carbons (Fsp3) is 0.400. The van der Waals surface area contributed by atoms with Crippen molar-refractivity contribution in [1.29, 1.82) is 0 Å². The molecule has 1 aliphatic carbocycles. The number of aromatic nitrogens is 1. The zero-order valence-corrected chi connectivity index (χ0v) is 9.16. The quantitative estimate of drug-likeness (QED) is 0.832. The fourth-order valence-electron chi connectivity index (χ4n) is 1.38. The minimum absolute atomic E-state index is 0.332. The lowest BCUT2D eigenvalue weighted by molar-refractivity contribution is -0.127. The maximum Gasteiger partial charge on any atom is 0.227 e.